The quantitative estimate of drug-likeness (QED) is 0.432. The third-order valence-corrected chi connectivity index (χ3v) is 7.63. The van der Waals surface area contributed by atoms with Gasteiger partial charge in [0.05, 0.1) is 18.6 Å². The highest BCUT2D eigenvalue weighted by molar-refractivity contribution is 6.51. The number of nitrogens with zero attached hydrogens (tertiary/aromatic N) is 1. The van der Waals surface area contributed by atoms with Crippen molar-refractivity contribution >= 4 is 30.1 Å². The van der Waals surface area contributed by atoms with Crippen molar-refractivity contribution < 1.29 is 14.3 Å². The van der Waals surface area contributed by atoms with E-state index in [0.717, 1.165) is 68.5 Å². The van der Waals surface area contributed by atoms with Crippen LogP contribution in [0.1, 0.15) is 50.7 Å². The van der Waals surface area contributed by atoms with E-state index in [0.29, 0.717) is 11.6 Å². The Morgan fingerprint density at radius 1 is 1.17 bits per heavy atom. The van der Waals surface area contributed by atoms with Crippen molar-refractivity contribution in [3.05, 3.63) is 58.6 Å². The van der Waals surface area contributed by atoms with Crippen LogP contribution in [-0.4, -0.2) is 57.4 Å². The van der Waals surface area contributed by atoms with Crippen LogP contribution in [0.5, 0.6) is 5.75 Å². The highest BCUT2D eigenvalue weighted by Crippen LogP contribution is 2.39. The van der Waals surface area contributed by atoms with Gasteiger partial charge in [-0.25, -0.2) is 0 Å². The van der Waals surface area contributed by atoms with Crippen LogP contribution < -0.4 is 10.2 Å². The largest absolute Gasteiger partial charge is 0.492 e. The molecule has 0 bridgehead atoms. The minimum absolute atomic E-state index is 0.238. The average molecular weight is 497 g/mol. The highest BCUT2D eigenvalue weighted by Gasteiger charge is 2.41. The summed E-state index contributed by atoms with van der Waals surface area (Å²) in [6.07, 6.45) is 4.32. The second-order valence-electron chi connectivity index (χ2n) is 9.84. The highest BCUT2D eigenvalue weighted by atomic mass is 35.5. The number of Topliss-reactive ketones (excluding diaryl/α,β-unsaturated/α-hetero) is 1. The lowest BCUT2D eigenvalue weighted by Crippen LogP contribution is -2.47. The van der Waals surface area contributed by atoms with Gasteiger partial charge in [0.1, 0.15) is 25.4 Å². The van der Waals surface area contributed by atoms with Gasteiger partial charge < -0.3 is 9.47 Å². The summed E-state index contributed by atoms with van der Waals surface area (Å²) in [5.74, 6) is 2.04. The number of aryl methyl sites for hydroxylation is 1. The summed E-state index contributed by atoms with van der Waals surface area (Å²) in [6.45, 7) is 13.4. The van der Waals surface area contributed by atoms with Gasteiger partial charge in [-0.1, -0.05) is 55.4 Å². The average Bonchev–Trinajstić information content (AvgIpc) is 2.84. The maximum atomic E-state index is 12.7. The van der Waals surface area contributed by atoms with Crippen molar-refractivity contribution in [3.8, 4) is 5.75 Å². The van der Waals surface area contributed by atoms with Crippen molar-refractivity contribution in [2.75, 3.05) is 39.5 Å². The van der Waals surface area contributed by atoms with E-state index in [2.05, 4.69) is 38.2 Å². The Hall–Kier alpha value is -1.82. The molecule has 2 heterocycles. The Morgan fingerprint density at radius 2 is 1.86 bits per heavy atom. The molecule has 0 aliphatic carbocycles. The van der Waals surface area contributed by atoms with Crippen LogP contribution in [0.25, 0.3) is 0 Å². The van der Waals surface area contributed by atoms with Gasteiger partial charge >= 0.3 is 0 Å². The second kappa shape index (κ2) is 13.5. The number of benzene rings is 2. The molecular weight excluding hydrogens is 457 g/mol. The monoisotopic (exact) mass is 496 g/mol. The molecule has 189 valence electrons. The van der Waals surface area contributed by atoms with Crippen molar-refractivity contribution in [1.29, 1.82) is 0 Å². The molecule has 6 heteroatoms. The molecule has 4 rings (SSSR count). The number of rotatable bonds is 9. The molecule has 0 atom stereocenters. The third kappa shape index (κ3) is 7.58. The zero-order valence-electron chi connectivity index (χ0n) is 21.8. The number of piperidine rings is 1. The van der Waals surface area contributed by atoms with Crippen LogP contribution in [0.2, 0.25) is 11.8 Å². The van der Waals surface area contributed by atoms with Crippen LogP contribution >= 0.6 is 11.6 Å². The van der Waals surface area contributed by atoms with Crippen molar-refractivity contribution in [3.63, 3.8) is 0 Å². The minimum atomic E-state index is -0.418. The lowest BCUT2D eigenvalue weighted by atomic mass is 9.69. The summed E-state index contributed by atoms with van der Waals surface area (Å²) < 4.78 is 10.9. The van der Waals surface area contributed by atoms with Crippen molar-refractivity contribution in [2.45, 2.75) is 58.7 Å². The molecule has 4 nitrogen and oxygen atoms in total. The number of halogens is 1. The molecular formula is C29H40BClNO3. The topological polar surface area (TPSA) is 38.8 Å². The first-order valence-corrected chi connectivity index (χ1v) is 13.4. The fourth-order valence-electron chi connectivity index (χ4n) is 4.99. The summed E-state index contributed by atoms with van der Waals surface area (Å²) in [5.41, 5.74) is 3.01. The molecule has 0 saturated carbocycles. The first-order valence-electron chi connectivity index (χ1n) is 13.0. The number of carbonyl (C=O) groups excluding carboxylic acids is 1. The van der Waals surface area contributed by atoms with Crippen molar-refractivity contribution in [1.82, 2.24) is 4.90 Å². The smallest absolute Gasteiger partial charge is 0.148 e. The maximum Gasteiger partial charge on any atom is 0.148 e. The maximum absolute atomic E-state index is 12.7. The van der Waals surface area contributed by atoms with E-state index in [9.17, 15) is 4.79 Å². The number of hydrogen-bond acceptors (Lipinski definition) is 4. The second-order valence-corrected chi connectivity index (χ2v) is 10.3. The molecule has 0 amide bonds. The molecule has 0 aromatic heterocycles. The molecule has 35 heavy (non-hydrogen) atoms. The van der Waals surface area contributed by atoms with E-state index in [1.165, 1.54) is 18.3 Å². The van der Waals surface area contributed by atoms with E-state index < -0.39 is 5.41 Å². The molecule has 2 aliphatic heterocycles. The molecule has 2 fully saturated rings. The molecule has 2 aromatic carbocycles. The van der Waals surface area contributed by atoms with Gasteiger partial charge in [-0.2, -0.15) is 0 Å². The Bertz CT molecular complexity index is 937. The summed E-state index contributed by atoms with van der Waals surface area (Å²) in [6, 6.07) is 14.0. The Kier molecular flexibility index (Phi) is 10.7. The first kappa shape index (κ1) is 27.8. The van der Waals surface area contributed by atoms with E-state index in [-0.39, 0.29) is 5.78 Å². The number of ketones is 1. The van der Waals surface area contributed by atoms with Crippen LogP contribution in [0.3, 0.4) is 0 Å². The van der Waals surface area contributed by atoms with Gasteiger partial charge in [0, 0.05) is 17.5 Å². The predicted molar refractivity (Wildman–Crippen MR) is 147 cm³/mol. The lowest BCUT2D eigenvalue weighted by molar-refractivity contribution is -0.124. The van der Waals surface area contributed by atoms with Gasteiger partial charge in [0.25, 0.3) is 0 Å². The zero-order valence-corrected chi connectivity index (χ0v) is 22.6. The fourth-order valence-corrected chi connectivity index (χ4v) is 5.16. The Balaban J connectivity index is 0.000000420. The molecule has 0 N–H and O–H groups in total. The van der Waals surface area contributed by atoms with Crippen LogP contribution in [0, 0.1) is 12.8 Å². The molecule has 2 saturated heterocycles. The Labute approximate surface area is 217 Å². The number of likely N-dealkylation sites (tertiary alicyclic amines) is 1. The predicted octanol–water partition coefficient (Wildman–Crippen LogP) is 5.46. The molecule has 0 unspecified atom stereocenters. The van der Waals surface area contributed by atoms with Gasteiger partial charge in [-0.05, 0) is 81.6 Å². The van der Waals surface area contributed by atoms with Gasteiger partial charge in [0.15, 0.2) is 0 Å². The molecule has 1 radical (unpaired) electrons. The van der Waals surface area contributed by atoms with Crippen molar-refractivity contribution in [2.24, 2.45) is 5.92 Å². The first-order chi connectivity index (χ1) is 16.9. The van der Waals surface area contributed by atoms with Gasteiger partial charge in [-0.15, -0.1) is 0 Å². The molecule has 0 spiro atoms. The van der Waals surface area contributed by atoms with Gasteiger partial charge in [-0.3, -0.25) is 9.69 Å². The summed E-state index contributed by atoms with van der Waals surface area (Å²) in [5, 5.41) is 0.698. The van der Waals surface area contributed by atoms with Gasteiger partial charge in [0.2, 0.25) is 0 Å². The fraction of sp³-hybridized carbons (Fsp3) is 0.552. The SMILES string of the molecule is CCCC1COC1.C[B]c1ccc(OCCN2CCC(C(C)=O)(c3cc(Cl)ccc3C)CC2)cc1. The number of hydrogen-bond donors (Lipinski definition) is 0. The number of ether oxygens (including phenoxy) is 2. The lowest BCUT2D eigenvalue weighted by Gasteiger charge is -2.41. The summed E-state index contributed by atoms with van der Waals surface area (Å²) >= 11 is 6.24. The van der Waals surface area contributed by atoms with E-state index in [1.807, 2.05) is 37.2 Å². The van der Waals surface area contributed by atoms with E-state index in [1.54, 1.807) is 6.92 Å². The van der Waals surface area contributed by atoms with E-state index in [4.69, 9.17) is 21.1 Å². The normalized spacial score (nSPS) is 17.6. The Morgan fingerprint density at radius 3 is 2.37 bits per heavy atom. The number of carbonyl (C=O) groups is 1. The standard InChI is InChI=1S/C23H28BClNO2.C6H12O/c1-17-4-7-20(25)16-22(17)23(18(2)27)10-12-26(13-11-23)14-15-28-21-8-5-19(24-3)6-9-21;1-2-3-6-4-7-5-6/h4-9,16H,10-15H2,1-3H3;6H,2-5H2,1H3. The van der Waals surface area contributed by atoms with Crippen LogP contribution in [0.15, 0.2) is 42.5 Å². The molecule has 2 aliphatic rings. The summed E-state index contributed by atoms with van der Waals surface area (Å²) in [7, 11) is 2.07. The molecule has 2 aromatic rings. The summed E-state index contributed by atoms with van der Waals surface area (Å²) in [4.78, 5) is 15.0. The zero-order chi connectivity index (χ0) is 25.3. The third-order valence-electron chi connectivity index (χ3n) is 7.39. The van der Waals surface area contributed by atoms with Crippen LogP contribution in [-0.2, 0) is 14.9 Å². The minimum Gasteiger partial charge on any atom is -0.492 e. The van der Waals surface area contributed by atoms with E-state index >= 15 is 0 Å². The van der Waals surface area contributed by atoms with Crippen LogP contribution in [0.4, 0.5) is 0 Å².